The summed E-state index contributed by atoms with van der Waals surface area (Å²) in [6.07, 6.45) is 11.4. The molecular weight excluding hydrogens is 216 g/mol. The molecule has 0 amide bonds. The van der Waals surface area contributed by atoms with Crippen LogP contribution < -0.4 is 0 Å². The Hall–Kier alpha value is -0.780. The van der Waals surface area contributed by atoms with E-state index in [2.05, 4.69) is 37.6 Å². The monoisotopic (exact) mass is 239 g/mol. The van der Waals surface area contributed by atoms with E-state index in [-0.39, 0.29) is 0 Å². The molecule has 4 fully saturated rings. The summed E-state index contributed by atoms with van der Waals surface area (Å²) in [4.78, 5) is 0. The van der Waals surface area contributed by atoms with E-state index in [0.29, 0.717) is 5.41 Å². The Balaban J connectivity index is 1.79. The van der Waals surface area contributed by atoms with Crippen molar-refractivity contribution < 1.29 is 0 Å². The minimum Gasteiger partial charge on any atom is -0.0620 e. The van der Waals surface area contributed by atoms with Gasteiger partial charge in [0.2, 0.25) is 0 Å². The van der Waals surface area contributed by atoms with Gasteiger partial charge in [-0.2, -0.15) is 0 Å². The summed E-state index contributed by atoms with van der Waals surface area (Å²) in [6.45, 7) is 2.19. The van der Waals surface area contributed by atoms with Crippen LogP contribution in [0.25, 0.3) is 0 Å². The van der Waals surface area contributed by atoms with Crippen molar-refractivity contribution in [3.8, 4) is 0 Å². The van der Waals surface area contributed by atoms with Gasteiger partial charge in [0.05, 0.1) is 0 Å². The highest BCUT2D eigenvalue weighted by Crippen LogP contribution is 2.61. The standard InChI is InChI=1S/C18H23/c1-2-16-5-3-4-6-17(16)18-10-13-7-14(11-18)9-15(8-13)12-18/h2-6,13-15H,7-12H2,1H3. The van der Waals surface area contributed by atoms with Crippen LogP contribution in [-0.4, -0.2) is 0 Å². The number of rotatable bonds is 2. The molecule has 0 spiro atoms. The predicted molar refractivity (Wildman–Crippen MR) is 75.4 cm³/mol. The zero-order chi connectivity index (χ0) is 12.2. The van der Waals surface area contributed by atoms with Gasteiger partial charge in [-0.3, -0.25) is 0 Å². The minimum atomic E-state index is 0.553. The summed E-state index contributed by atoms with van der Waals surface area (Å²) in [6, 6.07) is 9.18. The Morgan fingerprint density at radius 2 is 1.50 bits per heavy atom. The lowest BCUT2D eigenvalue weighted by Crippen LogP contribution is -2.48. The van der Waals surface area contributed by atoms with Crippen LogP contribution in [-0.2, 0) is 5.41 Å². The van der Waals surface area contributed by atoms with Crippen LogP contribution in [0.2, 0.25) is 0 Å². The molecule has 0 saturated heterocycles. The van der Waals surface area contributed by atoms with Gasteiger partial charge in [0.15, 0.2) is 0 Å². The molecule has 0 nitrogen and oxygen atoms in total. The second kappa shape index (κ2) is 3.85. The van der Waals surface area contributed by atoms with E-state index in [4.69, 9.17) is 0 Å². The van der Waals surface area contributed by atoms with Gasteiger partial charge in [0.1, 0.15) is 0 Å². The normalized spacial score (nSPS) is 41.3. The quantitative estimate of drug-likeness (QED) is 0.700. The molecule has 4 bridgehead atoms. The molecule has 4 aliphatic carbocycles. The Bertz CT molecular complexity index is 422. The average molecular weight is 239 g/mol. The highest BCUT2D eigenvalue weighted by molar-refractivity contribution is 5.40. The van der Waals surface area contributed by atoms with Gasteiger partial charge in [0.25, 0.3) is 0 Å². The molecule has 5 rings (SSSR count). The number of hydrogen-bond acceptors (Lipinski definition) is 0. The second-order valence-corrected chi connectivity index (χ2v) is 7.07. The zero-order valence-corrected chi connectivity index (χ0v) is 11.4. The highest BCUT2D eigenvalue weighted by Gasteiger charge is 2.51. The summed E-state index contributed by atoms with van der Waals surface area (Å²) in [5, 5.41) is 0. The molecule has 0 atom stereocenters. The predicted octanol–water partition coefficient (Wildman–Crippen LogP) is 4.73. The molecule has 0 heteroatoms. The van der Waals surface area contributed by atoms with E-state index in [1.807, 2.05) is 0 Å². The van der Waals surface area contributed by atoms with Crippen LogP contribution in [0.1, 0.15) is 56.6 Å². The summed E-state index contributed by atoms with van der Waals surface area (Å²) in [5.74, 6) is 3.13. The summed E-state index contributed by atoms with van der Waals surface area (Å²) in [5.41, 5.74) is 3.73. The van der Waals surface area contributed by atoms with Crippen molar-refractivity contribution in [3.63, 3.8) is 0 Å². The molecule has 18 heavy (non-hydrogen) atoms. The Morgan fingerprint density at radius 3 is 2.06 bits per heavy atom. The lowest BCUT2D eigenvalue weighted by Gasteiger charge is -2.57. The zero-order valence-electron chi connectivity index (χ0n) is 11.4. The molecule has 0 aromatic heterocycles. The van der Waals surface area contributed by atoms with Crippen molar-refractivity contribution >= 4 is 0 Å². The van der Waals surface area contributed by atoms with Crippen LogP contribution in [0, 0.1) is 24.2 Å². The maximum absolute atomic E-state index is 2.42. The SMILES string of the molecule is C[CH]c1ccccc1C12CC3CC(CC(C3)C1)C2. The summed E-state index contributed by atoms with van der Waals surface area (Å²) < 4.78 is 0. The molecule has 1 aromatic rings. The number of benzene rings is 1. The van der Waals surface area contributed by atoms with Crippen molar-refractivity contribution in [1.29, 1.82) is 0 Å². The first-order valence-electron chi connectivity index (χ1n) is 7.68. The molecule has 0 unspecified atom stereocenters. The fraction of sp³-hybridized carbons (Fsp3) is 0.611. The molecule has 95 valence electrons. The van der Waals surface area contributed by atoms with Crippen molar-refractivity contribution in [2.75, 3.05) is 0 Å². The Labute approximate surface area is 111 Å². The van der Waals surface area contributed by atoms with Crippen molar-refractivity contribution in [1.82, 2.24) is 0 Å². The van der Waals surface area contributed by atoms with Gasteiger partial charge in [-0.15, -0.1) is 0 Å². The molecule has 0 heterocycles. The summed E-state index contributed by atoms with van der Waals surface area (Å²) in [7, 11) is 0. The van der Waals surface area contributed by atoms with E-state index in [0.717, 1.165) is 17.8 Å². The highest BCUT2D eigenvalue weighted by atomic mass is 14.6. The van der Waals surface area contributed by atoms with Gasteiger partial charge in [-0.25, -0.2) is 0 Å². The average Bonchev–Trinajstić information content (AvgIpc) is 2.37. The van der Waals surface area contributed by atoms with Gasteiger partial charge in [0, 0.05) is 0 Å². The fourth-order valence-corrected chi connectivity index (χ4v) is 5.67. The van der Waals surface area contributed by atoms with Crippen LogP contribution in [0.4, 0.5) is 0 Å². The van der Waals surface area contributed by atoms with Gasteiger partial charge in [-0.05, 0) is 79.2 Å². The van der Waals surface area contributed by atoms with Crippen molar-refractivity contribution in [2.45, 2.75) is 50.9 Å². The first-order valence-corrected chi connectivity index (χ1v) is 7.68. The summed E-state index contributed by atoms with van der Waals surface area (Å²) >= 11 is 0. The van der Waals surface area contributed by atoms with Gasteiger partial charge >= 0.3 is 0 Å². The maximum atomic E-state index is 2.42. The minimum absolute atomic E-state index is 0.553. The second-order valence-electron chi connectivity index (χ2n) is 7.07. The smallest absolute Gasteiger partial charge is 0.00362 e. The first-order chi connectivity index (χ1) is 8.79. The molecule has 1 aromatic carbocycles. The van der Waals surface area contributed by atoms with Gasteiger partial charge in [-0.1, -0.05) is 31.2 Å². The molecule has 0 aliphatic heterocycles. The van der Waals surface area contributed by atoms with E-state index in [1.54, 1.807) is 5.56 Å². The van der Waals surface area contributed by atoms with E-state index < -0.39 is 0 Å². The third kappa shape index (κ3) is 1.51. The lowest BCUT2D eigenvalue weighted by molar-refractivity contribution is -0.00539. The number of hydrogen-bond donors (Lipinski definition) is 0. The van der Waals surface area contributed by atoms with Crippen LogP contribution in [0.3, 0.4) is 0 Å². The topological polar surface area (TPSA) is 0 Å². The lowest BCUT2D eigenvalue weighted by atomic mass is 9.47. The van der Waals surface area contributed by atoms with E-state index in [9.17, 15) is 0 Å². The Kier molecular flexibility index (Phi) is 2.37. The maximum Gasteiger partial charge on any atom is -0.00362 e. The molecule has 1 radical (unpaired) electrons. The van der Waals surface area contributed by atoms with Gasteiger partial charge < -0.3 is 0 Å². The van der Waals surface area contributed by atoms with Crippen LogP contribution in [0.15, 0.2) is 24.3 Å². The molecule has 4 aliphatic rings. The molecular formula is C18H23. The van der Waals surface area contributed by atoms with Crippen molar-refractivity contribution in [3.05, 3.63) is 41.8 Å². The third-order valence-corrected chi connectivity index (χ3v) is 5.88. The van der Waals surface area contributed by atoms with Crippen LogP contribution >= 0.6 is 0 Å². The van der Waals surface area contributed by atoms with E-state index >= 15 is 0 Å². The first kappa shape index (κ1) is 11.1. The largest absolute Gasteiger partial charge is 0.0620 e. The van der Waals surface area contributed by atoms with E-state index in [1.165, 1.54) is 44.1 Å². The van der Waals surface area contributed by atoms with Crippen LogP contribution in [0.5, 0.6) is 0 Å². The Morgan fingerprint density at radius 1 is 0.944 bits per heavy atom. The third-order valence-electron chi connectivity index (χ3n) is 5.88. The molecule has 4 saturated carbocycles. The fourth-order valence-electron chi connectivity index (χ4n) is 5.67. The molecule has 0 N–H and O–H groups in total. The van der Waals surface area contributed by atoms with Crippen molar-refractivity contribution in [2.24, 2.45) is 17.8 Å².